The molecule has 2 rings (SSSR count). The van der Waals surface area contributed by atoms with Gasteiger partial charge >= 0.3 is 0 Å². The van der Waals surface area contributed by atoms with Crippen LogP contribution in [0.4, 0.5) is 0 Å². The van der Waals surface area contributed by atoms with E-state index in [2.05, 4.69) is 5.32 Å². The minimum Gasteiger partial charge on any atom is -0.467 e. The summed E-state index contributed by atoms with van der Waals surface area (Å²) >= 11 is 0. The number of nitrogens with zero attached hydrogens (tertiary/aromatic N) is 1. The summed E-state index contributed by atoms with van der Waals surface area (Å²) in [4.78, 5) is 25.9. The van der Waals surface area contributed by atoms with Gasteiger partial charge in [0.25, 0.3) is 0 Å². The fourth-order valence-electron chi connectivity index (χ4n) is 2.43. The lowest BCUT2D eigenvalue weighted by Crippen LogP contribution is -2.46. The minimum absolute atomic E-state index is 0.0225. The summed E-state index contributed by atoms with van der Waals surface area (Å²) < 4.78 is 15.3. The lowest BCUT2D eigenvalue weighted by atomic mass is 10.2. The first-order valence-electron chi connectivity index (χ1n) is 7.38. The van der Waals surface area contributed by atoms with Gasteiger partial charge in [-0.15, -0.1) is 0 Å². The number of carbonyl (C=O) groups excluding carboxylic acids is 2. The number of hydrogen-bond donors (Lipinski definition) is 1. The number of likely N-dealkylation sites (tertiary alicyclic amines) is 1. The van der Waals surface area contributed by atoms with Crippen LogP contribution in [0.25, 0.3) is 0 Å². The SMILES string of the molecule is COCCOCC(=O)N1CCCC1C(=O)NCc1ccco1. The smallest absolute Gasteiger partial charge is 0.249 e. The number of methoxy groups -OCH3 is 1. The van der Waals surface area contributed by atoms with Crippen LogP contribution in [-0.2, 0) is 25.6 Å². The van der Waals surface area contributed by atoms with Crippen molar-refractivity contribution in [1.29, 1.82) is 0 Å². The zero-order valence-electron chi connectivity index (χ0n) is 12.7. The van der Waals surface area contributed by atoms with Gasteiger partial charge in [-0.2, -0.15) is 0 Å². The minimum atomic E-state index is -0.423. The highest BCUT2D eigenvalue weighted by Crippen LogP contribution is 2.17. The summed E-state index contributed by atoms with van der Waals surface area (Å²) in [6, 6.07) is 3.14. The molecule has 1 fully saturated rings. The average molecular weight is 310 g/mol. The number of ether oxygens (including phenoxy) is 2. The van der Waals surface area contributed by atoms with Crippen LogP contribution >= 0.6 is 0 Å². The van der Waals surface area contributed by atoms with Crippen LogP contribution < -0.4 is 5.32 Å². The van der Waals surface area contributed by atoms with Crippen molar-refractivity contribution in [2.45, 2.75) is 25.4 Å². The summed E-state index contributed by atoms with van der Waals surface area (Å²) in [7, 11) is 1.57. The first-order chi connectivity index (χ1) is 10.7. The Kier molecular flexibility index (Phi) is 6.42. The Hall–Kier alpha value is -1.86. The van der Waals surface area contributed by atoms with Crippen molar-refractivity contribution in [1.82, 2.24) is 10.2 Å². The predicted molar refractivity (Wildman–Crippen MR) is 78.0 cm³/mol. The predicted octanol–water partition coefficient (Wildman–Crippen LogP) is 0.550. The molecule has 0 saturated carbocycles. The van der Waals surface area contributed by atoms with Gasteiger partial charge < -0.3 is 24.1 Å². The fraction of sp³-hybridized carbons (Fsp3) is 0.600. The zero-order chi connectivity index (χ0) is 15.8. The van der Waals surface area contributed by atoms with Gasteiger partial charge in [-0.1, -0.05) is 0 Å². The first-order valence-corrected chi connectivity index (χ1v) is 7.38. The molecule has 122 valence electrons. The van der Waals surface area contributed by atoms with Crippen LogP contribution in [0.3, 0.4) is 0 Å². The van der Waals surface area contributed by atoms with E-state index in [1.807, 2.05) is 0 Å². The number of rotatable bonds is 8. The highest BCUT2D eigenvalue weighted by Gasteiger charge is 2.33. The van der Waals surface area contributed by atoms with Crippen LogP contribution in [0.5, 0.6) is 0 Å². The second-order valence-electron chi connectivity index (χ2n) is 5.09. The Labute approximate surface area is 129 Å². The number of nitrogens with one attached hydrogen (secondary N) is 1. The molecule has 1 atom stereocenters. The molecular weight excluding hydrogens is 288 g/mol. The Morgan fingerprint density at radius 1 is 1.45 bits per heavy atom. The van der Waals surface area contributed by atoms with Gasteiger partial charge in [0.05, 0.1) is 26.0 Å². The molecule has 1 aromatic heterocycles. The standard InChI is InChI=1S/C15H22N2O5/c1-20-8-9-21-11-14(18)17-6-2-5-13(17)15(19)16-10-12-4-3-7-22-12/h3-4,7,13H,2,5-6,8-11H2,1H3,(H,16,19). The van der Waals surface area contributed by atoms with E-state index in [9.17, 15) is 9.59 Å². The molecule has 22 heavy (non-hydrogen) atoms. The van der Waals surface area contributed by atoms with Gasteiger partial charge in [0.15, 0.2) is 0 Å². The molecule has 1 saturated heterocycles. The second kappa shape index (κ2) is 8.55. The normalized spacial score (nSPS) is 17.7. The Morgan fingerprint density at radius 3 is 3.05 bits per heavy atom. The topological polar surface area (TPSA) is 81.0 Å². The molecule has 0 spiro atoms. The number of carbonyl (C=O) groups is 2. The van der Waals surface area contributed by atoms with Gasteiger partial charge in [0.2, 0.25) is 11.8 Å². The van der Waals surface area contributed by atoms with Crippen LogP contribution in [0.2, 0.25) is 0 Å². The number of furan rings is 1. The van der Waals surface area contributed by atoms with Crippen molar-refractivity contribution in [3.8, 4) is 0 Å². The largest absolute Gasteiger partial charge is 0.467 e. The van der Waals surface area contributed by atoms with Crippen molar-refractivity contribution < 1.29 is 23.5 Å². The van der Waals surface area contributed by atoms with E-state index in [1.165, 1.54) is 0 Å². The number of amides is 2. The molecule has 1 aliphatic rings. The molecule has 1 aliphatic heterocycles. The van der Waals surface area contributed by atoms with E-state index in [-0.39, 0.29) is 18.4 Å². The maximum atomic E-state index is 12.2. The maximum absolute atomic E-state index is 12.2. The molecular formula is C15H22N2O5. The van der Waals surface area contributed by atoms with Gasteiger partial charge in [-0.25, -0.2) is 0 Å². The van der Waals surface area contributed by atoms with Crippen molar-refractivity contribution >= 4 is 11.8 Å². The van der Waals surface area contributed by atoms with Crippen molar-refractivity contribution in [3.63, 3.8) is 0 Å². The van der Waals surface area contributed by atoms with Crippen LogP contribution in [-0.4, -0.2) is 56.2 Å². The fourth-order valence-corrected chi connectivity index (χ4v) is 2.43. The molecule has 0 aliphatic carbocycles. The van der Waals surface area contributed by atoms with Crippen molar-refractivity contribution in [2.75, 3.05) is 33.5 Å². The summed E-state index contributed by atoms with van der Waals surface area (Å²) in [6.07, 6.45) is 3.06. The maximum Gasteiger partial charge on any atom is 0.249 e. The molecule has 7 heteroatoms. The van der Waals surface area contributed by atoms with E-state index in [0.717, 1.165) is 6.42 Å². The van der Waals surface area contributed by atoms with Gasteiger partial charge in [0, 0.05) is 13.7 Å². The highest BCUT2D eigenvalue weighted by molar-refractivity contribution is 5.88. The Balaban J connectivity index is 1.78. The molecule has 1 N–H and O–H groups in total. The van der Waals surface area contributed by atoms with E-state index in [4.69, 9.17) is 13.9 Å². The molecule has 2 heterocycles. The van der Waals surface area contributed by atoms with Crippen molar-refractivity contribution in [2.24, 2.45) is 0 Å². The molecule has 1 unspecified atom stereocenters. The third kappa shape index (κ3) is 4.57. The Morgan fingerprint density at radius 2 is 2.32 bits per heavy atom. The molecule has 2 amide bonds. The molecule has 1 aromatic rings. The van der Waals surface area contributed by atoms with E-state index >= 15 is 0 Å². The van der Waals surface area contributed by atoms with E-state index in [1.54, 1.807) is 30.4 Å². The highest BCUT2D eigenvalue weighted by atomic mass is 16.5. The zero-order valence-corrected chi connectivity index (χ0v) is 12.7. The summed E-state index contributed by atoms with van der Waals surface area (Å²) in [5.41, 5.74) is 0. The Bertz CT molecular complexity index is 474. The average Bonchev–Trinajstić information content (AvgIpc) is 3.19. The third-order valence-corrected chi connectivity index (χ3v) is 3.55. The quantitative estimate of drug-likeness (QED) is 0.709. The molecule has 7 nitrogen and oxygen atoms in total. The van der Waals surface area contributed by atoms with Crippen LogP contribution in [0.15, 0.2) is 22.8 Å². The van der Waals surface area contributed by atoms with Gasteiger partial charge in [0.1, 0.15) is 18.4 Å². The third-order valence-electron chi connectivity index (χ3n) is 3.55. The lowest BCUT2D eigenvalue weighted by molar-refractivity contribution is -0.142. The first kappa shape index (κ1) is 16.5. The molecule has 0 radical (unpaired) electrons. The summed E-state index contributed by atoms with van der Waals surface area (Å²) in [5.74, 6) is 0.373. The monoisotopic (exact) mass is 310 g/mol. The summed E-state index contributed by atoms with van der Waals surface area (Å²) in [5, 5.41) is 2.80. The van der Waals surface area contributed by atoms with E-state index < -0.39 is 6.04 Å². The van der Waals surface area contributed by atoms with Gasteiger partial charge in [-0.3, -0.25) is 9.59 Å². The molecule has 0 bridgehead atoms. The van der Waals surface area contributed by atoms with Crippen molar-refractivity contribution in [3.05, 3.63) is 24.2 Å². The summed E-state index contributed by atoms with van der Waals surface area (Å²) in [6.45, 7) is 1.71. The van der Waals surface area contributed by atoms with E-state index in [0.29, 0.717) is 38.5 Å². The van der Waals surface area contributed by atoms with Gasteiger partial charge in [-0.05, 0) is 25.0 Å². The van der Waals surface area contributed by atoms with Crippen LogP contribution in [0, 0.1) is 0 Å². The second-order valence-corrected chi connectivity index (χ2v) is 5.09. The lowest BCUT2D eigenvalue weighted by Gasteiger charge is -2.23. The molecule has 0 aromatic carbocycles. The van der Waals surface area contributed by atoms with Crippen LogP contribution in [0.1, 0.15) is 18.6 Å². The number of hydrogen-bond acceptors (Lipinski definition) is 5.